The van der Waals surface area contributed by atoms with Gasteiger partial charge in [-0.2, -0.15) is 13.2 Å². The van der Waals surface area contributed by atoms with E-state index in [2.05, 4.69) is 25.1 Å². The molecule has 11 heteroatoms. The van der Waals surface area contributed by atoms with Gasteiger partial charge in [-0.05, 0) is 34.1 Å². The van der Waals surface area contributed by atoms with Crippen molar-refractivity contribution in [3.63, 3.8) is 0 Å². The Hall–Kier alpha value is -2.76. The molecule has 4 heterocycles. The third-order valence-electron chi connectivity index (χ3n) is 5.98. The van der Waals surface area contributed by atoms with Gasteiger partial charge in [0.2, 0.25) is 0 Å². The van der Waals surface area contributed by atoms with Crippen molar-refractivity contribution in [3.05, 3.63) is 36.2 Å². The number of aliphatic hydroxyl groups excluding tert-OH is 1. The molecule has 8 nitrogen and oxygen atoms in total. The van der Waals surface area contributed by atoms with Gasteiger partial charge in [-0.25, -0.2) is 4.63 Å². The first kappa shape index (κ1) is 21.1. The molecule has 0 saturated carbocycles. The van der Waals surface area contributed by atoms with E-state index in [1.165, 1.54) is 18.3 Å². The summed E-state index contributed by atoms with van der Waals surface area (Å²) in [5, 5.41) is 17.7. The highest BCUT2D eigenvalue weighted by atomic mass is 19.4. The molecule has 2 fully saturated rings. The van der Waals surface area contributed by atoms with Gasteiger partial charge in [0.15, 0.2) is 11.6 Å². The fraction of sp³-hybridized carbons (Fsp3) is 0.476. The largest absolute Gasteiger partial charge is 0.420 e. The maximum Gasteiger partial charge on any atom is 0.420 e. The molecule has 0 spiro atoms. The maximum absolute atomic E-state index is 13.2. The first-order valence-corrected chi connectivity index (χ1v) is 10.4. The van der Waals surface area contributed by atoms with Gasteiger partial charge in [0.1, 0.15) is 5.52 Å². The second-order valence-corrected chi connectivity index (χ2v) is 8.19. The van der Waals surface area contributed by atoms with Gasteiger partial charge in [0.05, 0.1) is 24.6 Å². The third-order valence-corrected chi connectivity index (χ3v) is 5.98. The first-order chi connectivity index (χ1) is 15.4. The second-order valence-electron chi connectivity index (χ2n) is 8.19. The van der Waals surface area contributed by atoms with Crippen LogP contribution in [0.25, 0.3) is 22.2 Å². The Balaban J connectivity index is 1.43. The maximum atomic E-state index is 13.2. The molecule has 3 aromatic rings. The average molecular weight is 449 g/mol. The molecule has 1 aromatic carbocycles. The highest BCUT2D eigenvalue weighted by Gasteiger charge is 2.42. The second kappa shape index (κ2) is 8.30. The molecule has 0 radical (unpaired) electrons. The number of benzene rings is 1. The van der Waals surface area contributed by atoms with E-state index in [1.807, 2.05) is 0 Å². The Bertz CT molecular complexity index is 1090. The number of aromatic nitrogens is 3. The van der Waals surface area contributed by atoms with Crippen molar-refractivity contribution in [2.45, 2.75) is 12.3 Å². The van der Waals surface area contributed by atoms with Crippen molar-refractivity contribution in [3.8, 4) is 11.1 Å². The molecular formula is C21H22F3N5O3. The number of nitrogens with zero attached hydrogens (tertiary/aromatic N) is 5. The van der Waals surface area contributed by atoms with E-state index in [-0.39, 0.29) is 5.56 Å². The number of ether oxygens (including phenoxy) is 1. The lowest BCUT2D eigenvalue weighted by molar-refractivity contribution is -0.207. The zero-order valence-corrected chi connectivity index (χ0v) is 17.1. The zero-order valence-electron chi connectivity index (χ0n) is 17.1. The number of rotatable bonds is 5. The molecule has 5 rings (SSSR count). The van der Waals surface area contributed by atoms with Crippen LogP contribution in [0.2, 0.25) is 0 Å². The van der Waals surface area contributed by atoms with Gasteiger partial charge in [-0.15, -0.1) is 0 Å². The Morgan fingerprint density at radius 2 is 1.94 bits per heavy atom. The summed E-state index contributed by atoms with van der Waals surface area (Å²) in [6, 6.07) is 6.41. The molecule has 2 saturated heterocycles. The van der Waals surface area contributed by atoms with Crippen LogP contribution in [0.4, 0.5) is 18.9 Å². The van der Waals surface area contributed by atoms with Crippen LogP contribution in [0.1, 0.15) is 11.8 Å². The van der Waals surface area contributed by atoms with E-state index in [4.69, 9.17) is 9.37 Å². The summed E-state index contributed by atoms with van der Waals surface area (Å²) < 4.78 is 49.9. The van der Waals surface area contributed by atoms with Gasteiger partial charge in [0, 0.05) is 50.4 Å². The SMILES string of the molecule is OC(c1ncccc1-c1cc(N2CC(CN3CCOCC3)C2)c2nonc2c1)C(F)(F)F. The molecule has 0 amide bonds. The van der Waals surface area contributed by atoms with E-state index in [9.17, 15) is 18.3 Å². The summed E-state index contributed by atoms with van der Waals surface area (Å²) in [6.45, 7) is 5.93. The van der Waals surface area contributed by atoms with Crippen molar-refractivity contribution in [1.82, 2.24) is 20.2 Å². The van der Waals surface area contributed by atoms with E-state index < -0.39 is 18.0 Å². The highest BCUT2D eigenvalue weighted by molar-refractivity contribution is 5.93. The highest BCUT2D eigenvalue weighted by Crippen LogP contribution is 2.40. The van der Waals surface area contributed by atoms with E-state index in [0.717, 1.165) is 51.6 Å². The van der Waals surface area contributed by atoms with Gasteiger partial charge in [0.25, 0.3) is 0 Å². The summed E-state index contributed by atoms with van der Waals surface area (Å²) in [6.07, 6.45) is -6.28. The molecular weight excluding hydrogens is 427 g/mol. The predicted octanol–water partition coefficient (Wildman–Crippen LogP) is 2.65. The van der Waals surface area contributed by atoms with E-state index in [1.54, 1.807) is 12.1 Å². The summed E-state index contributed by atoms with van der Waals surface area (Å²) in [4.78, 5) is 8.32. The lowest BCUT2D eigenvalue weighted by atomic mass is 9.95. The van der Waals surface area contributed by atoms with Gasteiger partial charge >= 0.3 is 6.18 Å². The van der Waals surface area contributed by atoms with Crippen LogP contribution in [-0.4, -0.2) is 77.4 Å². The molecule has 0 aliphatic carbocycles. The van der Waals surface area contributed by atoms with Crippen molar-refractivity contribution in [2.24, 2.45) is 5.92 Å². The Morgan fingerprint density at radius 1 is 1.16 bits per heavy atom. The summed E-state index contributed by atoms with van der Waals surface area (Å²) in [7, 11) is 0. The van der Waals surface area contributed by atoms with Crippen LogP contribution in [-0.2, 0) is 4.74 Å². The number of pyridine rings is 1. The molecule has 1 atom stereocenters. The van der Waals surface area contributed by atoms with Gasteiger partial charge < -0.3 is 14.7 Å². The molecule has 1 N–H and O–H groups in total. The number of alkyl halides is 3. The van der Waals surface area contributed by atoms with Crippen molar-refractivity contribution in [2.75, 3.05) is 50.8 Å². The number of anilines is 1. The Kier molecular flexibility index (Phi) is 5.48. The molecule has 2 aliphatic rings. The molecule has 0 bridgehead atoms. The topological polar surface area (TPSA) is 87.8 Å². The van der Waals surface area contributed by atoms with Crippen molar-refractivity contribution in [1.29, 1.82) is 0 Å². The first-order valence-electron chi connectivity index (χ1n) is 10.4. The summed E-state index contributed by atoms with van der Waals surface area (Å²) in [5.41, 5.74) is 1.94. The molecule has 2 aromatic heterocycles. The molecule has 32 heavy (non-hydrogen) atoms. The van der Waals surface area contributed by atoms with Gasteiger partial charge in [-0.1, -0.05) is 6.07 Å². The fourth-order valence-corrected chi connectivity index (χ4v) is 4.33. The molecule has 2 aliphatic heterocycles. The predicted molar refractivity (Wildman–Crippen MR) is 109 cm³/mol. The van der Waals surface area contributed by atoms with Crippen molar-refractivity contribution >= 4 is 16.7 Å². The zero-order chi connectivity index (χ0) is 22.3. The molecule has 1 unspecified atom stereocenters. The Labute approximate surface area is 181 Å². The smallest absolute Gasteiger partial charge is 0.379 e. The lowest BCUT2D eigenvalue weighted by Gasteiger charge is -2.43. The lowest BCUT2D eigenvalue weighted by Crippen LogP contribution is -2.53. The monoisotopic (exact) mass is 449 g/mol. The number of hydrogen-bond acceptors (Lipinski definition) is 8. The normalized spacial score (nSPS) is 19.3. The fourth-order valence-electron chi connectivity index (χ4n) is 4.33. The quantitative estimate of drug-likeness (QED) is 0.636. The van der Waals surface area contributed by atoms with E-state index in [0.29, 0.717) is 22.5 Å². The van der Waals surface area contributed by atoms with Crippen LogP contribution in [0.5, 0.6) is 0 Å². The van der Waals surface area contributed by atoms with Crippen LogP contribution in [0.3, 0.4) is 0 Å². The third kappa shape index (κ3) is 4.03. The number of halogens is 3. The minimum absolute atomic E-state index is 0.189. The minimum atomic E-state index is -4.82. The summed E-state index contributed by atoms with van der Waals surface area (Å²) in [5.74, 6) is 0.479. The average Bonchev–Trinajstić information content (AvgIpc) is 3.24. The van der Waals surface area contributed by atoms with Gasteiger partial charge in [-0.3, -0.25) is 9.88 Å². The minimum Gasteiger partial charge on any atom is -0.379 e. The van der Waals surface area contributed by atoms with Crippen LogP contribution >= 0.6 is 0 Å². The number of fused-ring (bicyclic) bond motifs is 1. The van der Waals surface area contributed by atoms with Crippen LogP contribution < -0.4 is 4.90 Å². The number of aliphatic hydroxyl groups is 1. The van der Waals surface area contributed by atoms with E-state index >= 15 is 0 Å². The molecule has 170 valence electrons. The van der Waals surface area contributed by atoms with Crippen molar-refractivity contribution < 1.29 is 27.6 Å². The number of morpholine rings is 1. The number of hydrogen-bond donors (Lipinski definition) is 1. The van der Waals surface area contributed by atoms with Crippen LogP contribution in [0, 0.1) is 5.92 Å². The standard InChI is InChI=1S/C21H22F3N5O3/c22-21(23,24)20(30)18-15(2-1-3-25-18)14-8-16-19(27-32-26-16)17(9-14)29-11-13(12-29)10-28-4-6-31-7-5-28/h1-3,8-9,13,20,30H,4-7,10-12H2. The Morgan fingerprint density at radius 3 is 2.69 bits per heavy atom. The van der Waals surface area contributed by atoms with Crippen LogP contribution in [0.15, 0.2) is 35.1 Å². The summed E-state index contributed by atoms with van der Waals surface area (Å²) >= 11 is 0.